The van der Waals surface area contributed by atoms with Crippen molar-refractivity contribution in [3.63, 3.8) is 0 Å². The number of halogens is 2. The maximum atomic E-state index is 10.7. The highest BCUT2D eigenvalue weighted by Gasteiger charge is 2.16. The number of aromatic nitrogens is 1. The SMILES string of the molecule is C=CCN(CC=C)C[C@@H](O)Cn1c2ccc(Br)cc2c2cc(Br)ccc21. The Kier molecular flexibility index (Phi) is 6.35. The summed E-state index contributed by atoms with van der Waals surface area (Å²) < 4.78 is 4.30. The van der Waals surface area contributed by atoms with Crippen molar-refractivity contribution >= 4 is 53.7 Å². The first-order chi connectivity index (χ1) is 12.5. The molecule has 136 valence electrons. The predicted octanol–water partition coefficient (Wildman–Crippen LogP) is 5.35. The first kappa shape index (κ1) is 19.4. The normalized spacial score (nSPS) is 12.8. The van der Waals surface area contributed by atoms with E-state index in [2.05, 4.69) is 78.8 Å². The molecule has 5 heteroatoms. The van der Waals surface area contributed by atoms with Gasteiger partial charge >= 0.3 is 0 Å². The standard InChI is InChI=1S/C21H22Br2N2O/c1-3-9-24(10-4-2)13-17(26)14-25-20-7-5-15(22)11-18(20)19-12-16(23)6-8-21(19)25/h3-8,11-12,17,26H,1-2,9-10,13-14H2/t17-/m1/s1. The molecule has 0 saturated carbocycles. The number of hydrogen-bond acceptors (Lipinski definition) is 2. The van der Waals surface area contributed by atoms with Crippen LogP contribution in [0.5, 0.6) is 0 Å². The summed E-state index contributed by atoms with van der Waals surface area (Å²) in [6, 6.07) is 12.6. The zero-order valence-electron chi connectivity index (χ0n) is 14.5. The number of aliphatic hydroxyl groups is 1. The van der Waals surface area contributed by atoms with E-state index in [4.69, 9.17) is 0 Å². The van der Waals surface area contributed by atoms with Crippen LogP contribution in [-0.4, -0.2) is 40.3 Å². The van der Waals surface area contributed by atoms with Gasteiger partial charge < -0.3 is 9.67 Å². The van der Waals surface area contributed by atoms with Crippen molar-refractivity contribution in [2.45, 2.75) is 12.6 Å². The average molecular weight is 478 g/mol. The lowest BCUT2D eigenvalue weighted by Crippen LogP contribution is -2.35. The first-order valence-electron chi connectivity index (χ1n) is 8.52. The molecule has 0 saturated heterocycles. The minimum absolute atomic E-state index is 0.485. The summed E-state index contributed by atoms with van der Waals surface area (Å²) in [7, 11) is 0. The fourth-order valence-corrected chi connectivity index (χ4v) is 4.12. The van der Waals surface area contributed by atoms with Crippen LogP contribution in [0.3, 0.4) is 0 Å². The summed E-state index contributed by atoms with van der Waals surface area (Å²) in [4.78, 5) is 2.13. The summed E-state index contributed by atoms with van der Waals surface area (Å²) >= 11 is 7.14. The molecule has 0 fully saturated rings. The van der Waals surface area contributed by atoms with Crippen molar-refractivity contribution in [1.29, 1.82) is 0 Å². The number of aliphatic hydroxyl groups excluding tert-OH is 1. The largest absolute Gasteiger partial charge is 0.390 e. The minimum Gasteiger partial charge on any atom is -0.390 e. The van der Waals surface area contributed by atoms with Crippen LogP contribution < -0.4 is 0 Å². The van der Waals surface area contributed by atoms with Crippen LogP contribution in [0, 0.1) is 0 Å². The minimum atomic E-state index is -0.485. The lowest BCUT2D eigenvalue weighted by atomic mass is 10.2. The number of rotatable bonds is 8. The summed E-state index contributed by atoms with van der Waals surface area (Å²) in [5.74, 6) is 0. The third-order valence-electron chi connectivity index (χ3n) is 4.43. The fraction of sp³-hybridized carbons (Fsp3) is 0.238. The molecule has 1 aromatic heterocycles. The van der Waals surface area contributed by atoms with Gasteiger partial charge in [0.1, 0.15) is 0 Å². The van der Waals surface area contributed by atoms with Crippen molar-refractivity contribution < 1.29 is 5.11 Å². The first-order valence-corrected chi connectivity index (χ1v) is 10.1. The Hall–Kier alpha value is -1.40. The van der Waals surface area contributed by atoms with Crippen LogP contribution in [0.25, 0.3) is 21.8 Å². The van der Waals surface area contributed by atoms with Gasteiger partial charge in [0.2, 0.25) is 0 Å². The molecule has 0 aliphatic rings. The highest BCUT2D eigenvalue weighted by Crippen LogP contribution is 2.33. The van der Waals surface area contributed by atoms with Crippen molar-refractivity contribution in [1.82, 2.24) is 9.47 Å². The quantitative estimate of drug-likeness (QED) is 0.442. The van der Waals surface area contributed by atoms with E-state index < -0.39 is 6.10 Å². The number of hydrogen-bond donors (Lipinski definition) is 1. The maximum Gasteiger partial charge on any atom is 0.0846 e. The molecule has 3 rings (SSSR count). The van der Waals surface area contributed by atoms with Gasteiger partial charge in [0, 0.05) is 50.4 Å². The van der Waals surface area contributed by atoms with Gasteiger partial charge in [-0.2, -0.15) is 0 Å². The number of benzene rings is 2. The topological polar surface area (TPSA) is 28.4 Å². The summed E-state index contributed by atoms with van der Waals surface area (Å²) in [6.07, 6.45) is 3.22. The van der Waals surface area contributed by atoms with Crippen LogP contribution in [0.2, 0.25) is 0 Å². The van der Waals surface area contributed by atoms with Gasteiger partial charge in [-0.3, -0.25) is 4.90 Å². The van der Waals surface area contributed by atoms with Crippen LogP contribution in [-0.2, 0) is 6.54 Å². The Balaban J connectivity index is 1.98. The molecule has 0 spiro atoms. The lowest BCUT2D eigenvalue weighted by Gasteiger charge is -2.23. The Morgan fingerprint density at radius 1 is 0.962 bits per heavy atom. The van der Waals surface area contributed by atoms with Gasteiger partial charge in [0.25, 0.3) is 0 Å². The summed E-state index contributed by atoms with van der Waals surface area (Å²) in [6.45, 7) is 10.2. The third-order valence-corrected chi connectivity index (χ3v) is 5.41. The third kappa shape index (κ3) is 4.12. The molecule has 1 heterocycles. The van der Waals surface area contributed by atoms with Crippen molar-refractivity contribution in [3.05, 3.63) is 70.7 Å². The van der Waals surface area contributed by atoms with Crippen LogP contribution in [0.4, 0.5) is 0 Å². The van der Waals surface area contributed by atoms with Gasteiger partial charge in [-0.05, 0) is 36.4 Å². The van der Waals surface area contributed by atoms with Gasteiger partial charge in [-0.25, -0.2) is 0 Å². The zero-order valence-corrected chi connectivity index (χ0v) is 17.7. The van der Waals surface area contributed by atoms with E-state index in [0.29, 0.717) is 13.1 Å². The molecule has 0 unspecified atom stereocenters. The maximum absolute atomic E-state index is 10.7. The van der Waals surface area contributed by atoms with E-state index in [1.54, 1.807) is 0 Å². The van der Waals surface area contributed by atoms with E-state index in [-0.39, 0.29) is 0 Å². The van der Waals surface area contributed by atoms with Crippen LogP contribution in [0.15, 0.2) is 70.7 Å². The molecule has 26 heavy (non-hydrogen) atoms. The highest BCUT2D eigenvalue weighted by atomic mass is 79.9. The molecule has 3 aromatic rings. The van der Waals surface area contributed by atoms with E-state index in [1.807, 2.05) is 24.3 Å². The van der Waals surface area contributed by atoms with Gasteiger partial charge in [0.15, 0.2) is 0 Å². The second-order valence-corrected chi connectivity index (χ2v) is 8.21. The number of nitrogens with zero attached hydrogens (tertiary/aromatic N) is 2. The molecular weight excluding hydrogens is 456 g/mol. The molecule has 3 nitrogen and oxygen atoms in total. The van der Waals surface area contributed by atoms with Gasteiger partial charge in [0.05, 0.1) is 12.6 Å². The zero-order chi connectivity index (χ0) is 18.7. The molecular formula is C21H22Br2N2O. The molecule has 0 amide bonds. The Morgan fingerprint density at radius 2 is 1.46 bits per heavy atom. The fourth-order valence-electron chi connectivity index (χ4n) is 3.40. The molecule has 1 atom stereocenters. The van der Waals surface area contributed by atoms with E-state index >= 15 is 0 Å². The van der Waals surface area contributed by atoms with E-state index in [0.717, 1.165) is 33.1 Å². The average Bonchev–Trinajstić information content (AvgIpc) is 2.88. The molecule has 0 aliphatic heterocycles. The molecule has 0 radical (unpaired) electrons. The molecule has 0 bridgehead atoms. The lowest BCUT2D eigenvalue weighted by molar-refractivity contribution is 0.111. The van der Waals surface area contributed by atoms with Crippen molar-refractivity contribution in [2.75, 3.05) is 19.6 Å². The van der Waals surface area contributed by atoms with Crippen molar-refractivity contribution in [3.8, 4) is 0 Å². The molecule has 0 aliphatic carbocycles. The van der Waals surface area contributed by atoms with Gasteiger partial charge in [-0.15, -0.1) is 13.2 Å². The number of fused-ring (bicyclic) bond motifs is 3. The molecule has 2 aromatic carbocycles. The van der Waals surface area contributed by atoms with Crippen molar-refractivity contribution in [2.24, 2.45) is 0 Å². The van der Waals surface area contributed by atoms with E-state index in [9.17, 15) is 5.11 Å². The van der Waals surface area contributed by atoms with Crippen LogP contribution in [0.1, 0.15) is 0 Å². The van der Waals surface area contributed by atoms with Crippen LogP contribution >= 0.6 is 31.9 Å². The summed E-state index contributed by atoms with van der Waals surface area (Å²) in [5, 5.41) is 13.1. The molecule has 1 N–H and O–H groups in total. The second-order valence-electron chi connectivity index (χ2n) is 6.38. The van der Waals surface area contributed by atoms with Gasteiger partial charge in [-0.1, -0.05) is 44.0 Å². The highest BCUT2D eigenvalue weighted by molar-refractivity contribution is 9.10. The summed E-state index contributed by atoms with van der Waals surface area (Å²) in [5.41, 5.74) is 2.25. The van der Waals surface area contributed by atoms with E-state index in [1.165, 1.54) is 10.8 Å². The Labute approximate surface area is 170 Å². The second kappa shape index (κ2) is 8.53. The monoisotopic (exact) mass is 476 g/mol. The Morgan fingerprint density at radius 3 is 1.92 bits per heavy atom. The smallest absolute Gasteiger partial charge is 0.0846 e. The Bertz CT molecular complexity index is 879. The predicted molar refractivity (Wildman–Crippen MR) is 118 cm³/mol.